The second-order valence-corrected chi connectivity index (χ2v) is 7.55. The molecule has 22 heavy (non-hydrogen) atoms. The van der Waals surface area contributed by atoms with Crippen molar-refractivity contribution in [2.75, 3.05) is 0 Å². The first kappa shape index (κ1) is 13.6. The van der Waals surface area contributed by atoms with Crippen molar-refractivity contribution in [3.8, 4) is 0 Å². The number of thiophene rings is 1. The summed E-state index contributed by atoms with van der Waals surface area (Å²) in [6.45, 7) is 0. The number of hydrogen-bond donors (Lipinski definition) is 2. The molecule has 7 heteroatoms. The standard InChI is InChI=1S/C15H8N2O2S3/c18-12-8-3-1-2-4-11(8)22-14-9(12)5-7(21-14)6-10-13(19)17-15(20)16-10/h1-6H,(H2,16,17,19,20). The van der Waals surface area contributed by atoms with Crippen LogP contribution in [0.1, 0.15) is 4.88 Å². The summed E-state index contributed by atoms with van der Waals surface area (Å²) in [6, 6.07) is 9.41. The van der Waals surface area contributed by atoms with E-state index in [1.807, 2.05) is 30.3 Å². The number of amides is 1. The van der Waals surface area contributed by atoms with Crippen LogP contribution in [0, 0.1) is 0 Å². The second-order valence-electron chi connectivity index (χ2n) is 4.74. The highest BCUT2D eigenvalue weighted by molar-refractivity contribution is 7.80. The quantitative estimate of drug-likeness (QED) is 0.526. The van der Waals surface area contributed by atoms with Crippen LogP contribution >= 0.6 is 34.9 Å². The van der Waals surface area contributed by atoms with E-state index in [2.05, 4.69) is 10.6 Å². The lowest BCUT2D eigenvalue weighted by Crippen LogP contribution is -2.21. The number of nitrogens with one attached hydrogen (secondary N) is 2. The van der Waals surface area contributed by atoms with Gasteiger partial charge >= 0.3 is 0 Å². The molecule has 1 aliphatic rings. The molecule has 0 radical (unpaired) electrons. The first-order valence-electron chi connectivity index (χ1n) is 6.41. The number of benzene rings is 1. The number of thiocarbonyl (C=S) groups is 1. The van der Waals surface area contributed by atoms with Crippen molar-refractivity contribution in [3.63, 3.8) is 0 Å². The van der Waals surface area contributed by atoms with Crippen molar-refractivity contribution in [3.05, 3.63) is 51.1 Å². The van der Waals surface area contributed by atoms with Gasteiger partial charge in [0.2, 0.25) is 0 Å². The molecule has 3 heterocycles. The van der Waals surface area contributed by atoms with E-state index in [0.717, 1.165) is 19.0 Å². The Bertz CT molecular complexity index is 1050. The summed E-state index contributed by atoms with van der Waals surface area (Å²) < 4.78 is 1.93. The fraction of sp³-hybridized carbons (Fsp3) is 0. The Morgan fingerprint density at radius 3 is 2.64 bits per heavy atom. The molecule has 1 amide bonds. The fourth-order valence-corrected chi connectivity index (χ4v) is 4.95. The zero-order valence-electron chi connectivity index (χ0n) is 11.0. The van der Waals surface area contributed by atoms with Crippen molar-refractivity contribution in [2.24, 2.45) is 0 Å². The fourth-order valence-electron chi connectivity index (χ4n) is 2.31. The third-order valence-corrected chi connectivity index (χ3v) is 5.86. The zero-order chi connectivity index (χ0) is 15.3. The van der Waals surface area contributed by atoms with E-state index in [1.54, 1.807) is 17.4 Å². The highest BCUT2D eigenvalue weighted by Crippen LogP contribution is 2.32. The lowest BCUT2D eigenvalue weighted by molar-refractivity contribution is -0.115. The molecule has 0 bridgehead atoms. The third kappa shape index (κ3) is 2.14. The minimum absolute atomic E-state index is 0.0320. The molecule has 2 aromatic heterocycles. The van der Waals surface area contributed by atoms with Gasteiger partial charge < -0.3 is 5.32 Å². The molecule has 0 unspecified atom stereocenters. The minimum Gasteiger partial charge on any atom is -0.328 e. The van der Waals surface area contributed by atoms with Crippen LogP contribution < -0.4 is 16.1 Å². The van der Waals surface area contributed by atoms with Crippen molar-refractivity contribution in [1.82, 2.24) is 10.6 Å². The Morgan fingerprint density at radius 2 is 1.86 bits per heavy atom. The Labute approximate surface area is 138 Å². The van der Waals surface area contributed by atoms with Crippen LogP contribution in [0.15, 0.2) is 40.8 Å². The number of hydrogen-bond acceptors (Lipinski definition) is 5. The monoisotopic (exact) mass is 344 g/mol. The lowest BCUT2D eigenvalue weighted by Gasteiger charge is -1.94. The van der Waals surface area contributed by atoms with Crippen molar-refractivity contribution >= 4 is 71.5 Å². The first-order chi connectivity index (χ1) is 10.6. The Hall–Kier alpha value is -2.09. The molecule has 0 saturated carbocycles. The maximum absolute atomic E-state index is 12.5. The van der Waals surface area contributed by atoms with Gasteiger partial charge in [-0.3, -0.25) is 14.9 Å². The van der Waals surface area contributed by atoms with E-state index in [1.165, 1.54) is 11.3 Å². The van der Waals surface area contributed by atoms with Crippen LogP contribution in [-0.2, 0) is 4.79 Å². The van der Waals surface area contributed by atoms with Gasteiger partial charge in [0, 0.05) is 15.0 Å². The SMILES string of the molecule is O=C1NC(=S)NC1=Cc1cc2c(=O)c3ccccc3sc2s1. The summed E-state index contributed by atoms with van der Waals surface area (Å²) >= 11 is 7.99. The molecule has 1 fully saturated rings. The maximum Gasteiger partial charge on any atom is 0.273 e. The molecule has 1 aromatic carbocycles. The number of carbonyl (C=O) groups is 1. The molecule has 2 N–H and O–H groups in total. The molecule has 3 aromatic rings. The van der Waals surface area contributed by atoms with Gasteiger partial charge in [0.15, 0.2) is 10.5 Å². The summed E-state index contributed by atoms with van der Waals surface area (Å²) in [4.78, 5) is 25.1. The van der Waals surface area contributed by atoms with Crippen LogP contribution in [-0.4, -0.2) is 11.0 Å². The van der Waals surface area contributed by atoms with Crippen LogP contribution in [0.3, 0.4) is 0 Å². The van der Waals surface area contributed by atoms with E-state index in [4.69, 9.17) is 12.2 Å². The van der Waals surface area contributed by atoms with Gasteiger partial charge in [-0.25, -0.2) is 0 Å². The summed E-state index contributed by atoms with van der Waals surface area (Å²) in [5.41, 5.74) is 0.433. The largest absolute Gasteiger partial charge is 0.328 e. The molecular weight excluding hydrogens is 336 g/mol. The van der Waals surface area contributed by atoms with Crippen molar-refractivity contribution in [1.29, 1.82) is 0 Å². The van der Waals surface area contributed by atoms with Crippen molar-refractivity contribution < 1.29 is 4.79 Å². The number of fused-ring (bicyclic) bond motifs is 2. The smallest absolute Gasteiger partial charge is 0.273 e. The van der Waals surface area contributed by atoms with Gasteiger partial charge in [0.25, 0.3) is 5.91 Å². The molecule has 1 saturated heterocycles. The van der Waals surface area contributed by atoms with Crippen LogP contribution in [0.25, 0.3) is 25.6 Å². The predicted octanol–water partition coefficient (Wildman–Crippen LogP) is 2.82. The van der Waals surface area contributed by atoms with Crippen LogP contribution in [0.5, 0.6) is 0 Å². The normalized spacial score (nSPS) is 16.5. The molecule has 0 aliphatic carbocycles. The highest BCUT2D eigenvalue weighted by atomic mass is 32.2. The van der Waals surface area contributed by atoms with Gasteiger partial charge in [-0.05, 0) is 36.5 Å². The minimum atomic E-state index is -0.251. The van der Waals surface area contributed by atoms with Crippen LogP contribution in [0.2, 0.25) is 0 Å². The van der Waals surface area contributed by atoms with Crippen molar-refractivity contribution in [2.45, 2.75) is 0 Å². The maximum atomic E-state index is 12.5. The molecular formula is C15H8N2O2S3. The highest BCUT2D eigenvalue weighted by Gasteiger charge is 2.20. The van der Waals surface area contributed by atoms with E-state index < -0.39 is 0 Å². The summed E-state index contributed by atoms with van der Waals surface area (Å²) in [5, 5.41) is 7.05. The zero-order valence-corrected chi connectivity index (χ0v) is 13.5. The summed E-state index contributed by atoms with van der Waals surface area (Å²) in [6.07, 6.45) is 1.72. The van der Waals surface area contributed by atoms with E-state index >= 15 is 0 Å². The summed E-state index contributed by atoms with van der Waals surface area (Å²) in [5.74, 6) is -0.251. The molecule has 0 atom stereocenters. The average molecular weight is 344 g/mol. The van der Waals surface area contributed by atoms with E-state index in [9.17, 15) is 9.59 Å². The molecule has 4 rings (SSSR count). The Balaban J connectivity index is 1.91. The van der Waals surface area contributed by atoms with Gasteiger partial charge in [-0.15, -0.1) is 22.7 Å². The van der Waals surface area contributed by atoms with Crippen LogP contribution in [0.4, 0.5) is 0 Å². The molecule has 1 aliphatic heterocycles. The lowest BCUT2D eigenvalue weighted by atomic mass is 10.2. The van der Waals surface area contributed by atoms with Gasteiger partial charge in [-0.1, -0.05) is 12.1 Å². The van der Waals surface area contributed by atoms with Gasteiger partial charge in [0.05, 0.1) is 9.40 Å². The van der Waals surface area contributed by atoms with E-state index in [-0.39, 0.29) is 11.3 Å². The predicted molar refractivity (Wildman–Crippen MR) is 95.3 cm³/mol. The van der Waals surface area contributed by atoms with Gasteiger partial charge in [-0.2, -0.15) is 0 Å². The Morgan fingerprint density at radius 1 is 1.05 bits per heavy atom. The first-order valence-corrected chi connectivity index (χ1v) is 8.45. The molecule has 108 valence electrons. The average Bonchev–Trinajstić information content (AvgIpc) is 3.03. The molecule has 0 spiro atoms. The third-order valence-electron chi connectivity index (χ3n) is 3.30. The van der Waals surface area contributed by atoms with Gasteiger partial charge in [0.1, 0.15) is 5.70 Å². The number of carbonyl (C=O) groups excluding carboxylic acids is 1. The topological polar surface area (TPSA) is 58.2 Å². The number of rotatable bonds is 1. The Kier molecular flexibility index (Phi) is 3.07. The molecule has 4 nitrogen and oxygen atoms in total. The van der Waals surface area contributed by atoms with E-state index in [0.29, 0.717) is 16.2 Å². The summed E-state index contributed by atoms with van der Waals surface area (Å²) in [7, 11) is 0. The second kappa shape index (κ2) is 4.98.